The van der Waals surface area contributed by atoms with E-state index in [1.807, 2.05) is 20.8 Å². The second kappa shape index (κ2) is 7.61. The predicted molar refractivity (Wildman–Crippen MR) is 76.1 cm³/mol. The number of rotatable bonds is 5. The SMILES string of the molecule is CN=C(NCC(C)Oc1ccc(F)cc1)NC(C)C. The average Bonchev–Trinajstić information content (AvgIpc) is 2.37. The Morgan fingerprint density at radius 1 is 1.26 bits per heavy atom. The molecule has 1 aromatic carbocycles. The van der Waals surface area contributed by atoms with E-state index in [1.165, 1.54) is 12.1 Å². The zero-order valence-corrected chi connectivity index (χ0v) is 11.9. The second-order valence-electron chi connectivity index (χ2n) is 4.63. The van der Waals surface area contributed by atoms with E-state index in [9.17, 15) is 4.39 Å². The van der Waals surface area contributed by atoms with Crippen LogP contribution < -0.4 is 15.4 Å². The van der Waals surface area contributed by atoms with E-state index in [0.717, 1.165) is 5.96 Å². The molecule has 5 heteroatoms. The molecule has 0 spiro atoms. The fourth-order valence-corrected chi connectivity index (χ4v) is 1.50. The Morgan fingerprint density at radius 3 is 2.42 bits per heavy atom. The number of halogens is 1. The van der Waals surface area contributed by atoms with Gasteiger partial charge in [0, 0.05) is 13.1 Å². The minimum Gasteiger partial charge on any atom is -0.489 e. The maximum absolute atomic E-state index is 12.8. The number of hydrogen-bond acceptors (Lipinski definition) is 2. The van der Waals surface area contributed by atoms with Gasteiger partial charge in [-0.3, -0.25) is 4.99 Å². The molecule has 0 heterocycles. The number of hydrogen-bond donors (Lipinski definition) is 2. The lowest BCUT2D eigenvalue weighted by Crippen LogP contribution is -2.44. The van der Waals surface area contributed by atoms with Crippen LogP contribution in [0.25, 0.3) is 0 Å². The highest BCUT2D eigenvalue weighted by molar-refractivity contribution is 5.79. The normalized spacial score (nSPS) is 13.3. The van der Waals surface area contributed by atoms with Crippen molar-refractivity contribution in [1.29, 1.82) is 0 Å². The molecule has 0 aromatic heterocycles. The Bertz CT molecular complexity index is 404. The van der Waals surface area contributed by atoms with E-state index in [-0.39, 0.29) is 11.9 Å². The molecule has 0 saturated carbocycles. The quantitative estimate of drug-likeness (QED) is 0.635. The van der Waals surface area contributed by atoms with Gasteiger partial charge in [0.15, 0.2) is 5.96 Å². The van der Waals surface area contributed by atoms with Crippen molar-refractivity contribution in [1.82, 2.24) is 10.6 Å². The highest BCUT2D eigenvalue weighted by Crippen LogP contribution is 2.12. The van der Waals surface area contributed by atoms with Crippen LogP contribution in [0.2, 0.25) is 0 Å². The van der Waals surface area contributed by atoms with E-state index < -0.39 is 0 Å². The van der Waals surface area contributed by atoms with E-state index in [1.54, 1.807) is 19.2 Å². The lowest BCUT2D eigenvalue weighted by Gasteiger charge is -2.18. The highest BCUT2D eigenvalue weighted by Gasteiger charge is 2.06. The van der Waals surface area contributed by atoms with Gasteiger partial charge < -0.3 is 15.4 Å². The molecule has 0 aliphatic heterocycles. The average molecular weight is 267 g/mol. The van der Waals surface area contributed by atoms with Gasteiger partial charge in [0.1, 0.15) is 17.7 Å². The Kier molecular flexibility index (Phi) is 6.12. The van der Waals surface area contributed by atoms with Crippen molar-refractivity contribution in [2.24, 2.45) is 4.99 Å². The first-order chi connectivity index (χ1) is 9.01. The van der Waals surface area contributed by atoms with Crippen LogP contribution >= 0.6 is 0 Å². The van der Waals surface area contributed by atoms with Crippen LogP contribution in [0.5, 0.6) is 5.75 Å². The molecule has 1 atom stereocenters. The molecular formula is C14H22FN3O. The molecule has 0 saturated heterocycles. The molecule has 1 aromatic rings. The topological polar surface area (TPSA) is 45.7 Å². The smallest absolute Gasteiger partial charge is 0.191 e. The number of aliphatic imine (C=N–C) groups is 1. The number of nitrogens with zero attached hydrogens (tertiary/aromatic N) is 1. The van der Waals surface area contributed by atoms with Crippen molar-refractivity contribution in [2.75, 3.05) is 13.6 Å². The number of benzene rings is 1. The highest BCUT2D eigenvalue weighted by atomic mass is 19.1. The molecule has 1 unspecified atom stereocenters. The van der Waals surface area contributed by atoms with Crippen molar-refractivity contribution >= 4 is 5.96 Å². The summed E-state index contributed by atoms with van der Waals surface area (Å²) in [5, 5.41) is 6.36. The monoisotopic (exact) mass is 267 g/mol. The third-order valence-electron chi connectivity index (χ3n) is 2.36. The number of guanidine groups is 1. The summed E-state index contributed by atoms with van der Waals surface area (Å²) in [5.74, 6) is 1.13. The van der Waals surface area contributed by atoms with Crippen molar-refractivity contribution in [3.05, 3.63) is 30.1 Å². The van der Waals surface area contributed by atoms with Gasteiger partial charge in [0.2, 0.25) is 0 Å². The molecule has 4 nitrogen and oxygen atoms in total. The summed E-state index contributed by atoms with van der Waals surface area (Å²) in [6, 6.07) is 6.32. The van der Waals surface area contributed by atoms with Gasteiger partial charge in [-0.05, 0) is 45.0 Å². The first-order valence-corrected chi connectivity index (χ1v) is 6.40. The first-order valence-electron chi connectivity index (χ1n) is 6.40. The van der Waals surface area contributed by atoms with Gasteiger partial charge in [-0.15, -0.1) is 0 Å². The van der Waals surface area contributed by atoms with Crippen molar-refractivity contribution < 1.29 is 9.13 Å². The van der Waals surface area contributed by atoms with Gasteiger partial charge in [0.05, 0.1) is 6.54 Å². The minimum absolute atomic E-state index is 0.0452. The largest absolute Gasteiger partial charge is 0.489 e. The maximum atomic E-state index is 12.8. The second-order valence-corrected chi connectivity index (χ2v) is 4.63. The minimum atomic E-state index is -0.264. The molecule has 0 aliphatic rings. The third kappa shape index (κ3) is 6.08. The van der Waals surface area contributed by atoms with Crippen LogP contribution in [0.15, 0.2) is 29.3 Å². The molecule has 2 N–H and O–H groups in total. The lowest BCUT2D eigenvalue weighted by atomic mass is 10.3. The fourth-order valence-electron chi connectivity index (χ4n) is 1.50. The van der Waals surface area contributed by atoms with Gasteiger partial charge in [-0.2, -0.15) is 0 Å². The molecule has 1 rings (SSSR count). The Labute approximate surface area is 114 Å². The standard InChI is InChI=1S/C14H22FN3O/c1-10(2)18-14(16-4)17-9-11(3)19-13-7-5-12(15)6-8-13/h5-8,10-11H,9H2,1-4H3,(H2,16,17,18). The maximum Gasteiger partial charge on any atom is 0.191 e. The Balaban J connectivity index is 2.38. The van der Waals surface area contributed by atoms with Crippen LogP contribution in [0.3, 0.4) is 0 Å². The molecule has 0 fully saturated rings. The third-order valence-corrected chi connectivity index (χ3v) is 2.36. The molecular weight excluding hydrogens is 245 g/mol. The fraction of sp³-hybridized carbons (Fsp3) is 0.500. The van der Waals surface area contributed by atoms with Gasteiger partial charge in [-0.25, -0.2) is 4.39 Å². The van der Waals surface area contributed by atoms with Gasteiger partial charge in [0.25, 0.3) is 0 Å². The van der Waals surface area contributed by atoms with E-state index in [4.69, 9.17) is 4.74 Å². The summed E-state index contributed by atoms with van der Waals surface area (Å²) in [6.45, 7) is 6.65. The van der Waals surface area contributed by atoms with Crippen molar-refractivity contribution in [3.8, 4) is 5.75 Å². The van der Waals surface area contributed by atoms with Crippen molar-refractivity contribution in [3.63, 3.8) is 0 Å². The lowest BCUT2D eigenvalue weighted by molar-refractivity contribution is 0.223. The van der Waals surface area contributed by atoms with E-state index in [0.29, 0.717) is 18.3 Å². The van der Waals surface area contributed by atoms with Crippen molar-refractivity contribution in [2.45, 2.75) is 32.9 Å². The number of ether oxygens (including phenoxy) is 1. The zero-order valence-electron chi connectivity index (χ0n) is 11.9. The molecule has 0 radical (unpaired) electrons. The number of nitrogens with one attached hydrogen (secondary N) is 2. The summed E-state index contributed by atoms with van der Waals surface area (Å²) in [4.78, 5) is 4.11. The summed E-state index contributed by atoms with van der Waals surface area (Å²) < 4.78 is 18.4. The zero-order chi connectivity index (χ0) is 14.3. The van der Waals surface area contributed by atoms with Crippen LogP contribution in [0.1, 0.15) is 20.8 Å². The van der Waals surface area contributed by atoms with Gasteiger partial charge in [-0.1, -0.05) is 0 Å². The summed E-state index contributed by atoms with van der Waals surface area (Å²) in [5.41, 5.74) is 0. The Morgan fingerprint density at radius 2 is 1.89 bits per heavy atom. The summed E-state index contributed by atoms with van der Waals surface area (Å²) >= 11 is 0. The molecule has 106 valence electrons. The molecule has 0 aliphatic carbocycles. The first kappa shape index (κ1) is 15.3. The molecule has 19 heavy (non-hydrogen) atoms. The van der Waals surface area contributed by atoms with Gasteiger partial charge >= 0.3 is 0 Å². The van der Waals surface area contributed by atoms with Crippen LogP contribution in [0, 0.1) is 5.82 Å². The summed E-state index contributed by atoms with van der Waals surface area (Å²) in [6.07, 6.45) is -0.0452. The Hall–Kier alpha value is -1.78. The molecule has 0 amide bonds. The van der Waals surface area contributed by atoms with Crippen LogP contribution in [-0.2, 0) is 0 Å². The summed E-state index contributed by atoms with van der Waals surface area (Å²) in [7, 11) is 1.73. The van der Waals surface area contributed by atoms with E-state index in [2.05, 4.69) is 15.6 Å². The van der Waals surface area contributed by atoms with Crippen LogP contribution in [-0.4, -0.2) is 31.7 Å². The van der Waals surface area contributed by atoms with E-state index >= 15 is 0 Å². The van der Waals surface area contributed by atoms with Crippen LogP contribution in [0.4, 0.5) is 4.39 Å². The predicted octanol–water partition coefficient (Wildman–Crippen LogP) is 2.17. The molecule has 0 bridgehead atoms.